The molecule has 6 heteroatoms. The van der Waals surface area contributed by atoms with Crippen LogP contribution in [0.1, 0.15) is 51.0 Å². The van der Waals surface area contributed by atoms with E-state index in [1.165, 1.54) is 19.5 Å². The van der Waals surface area contributed by atoms with Crippen LogP contribution in [0.25, 0.3) is 11.0 Å². The number of carbonyl (C=O) groups is 1. The third-order valence-electron chi connectivity index (χ3n) is 5.79. The highest BCUT2D eigenvalue weighted by Gasteiger charge is 2.33. The van der Waals surface area contributed by atoms with Gasteiger partial charge in [-0.05, 0) is 53.0 Å². The van der Waals surface area contributed by atoms with Gasteiger partial charge < -0.3 is 19.5 Å². The van der Waals surface area contributed by atoms with Crippen LogP contribution in [0.4, 0.5) is 5.88 Å². The van der Waals surface area contributed by atoms with Crippen LogP contribution in [0.5, 0.6) is 0 Å². The average molecular weight is 370 g/mol. The van der Waals surface area contributed by atoms with Crippen LogP contribution in [0.2, 0.25) is 0 Å². The maximum atomic E-state index is 12.7. The quantitative estimate of drug-likeness (QED) is 0.875. The van der Waals surface area contributed by atoms with Gasteiger partial charge in [0.1, 0.15) is 11.3 Å². The lowest BCUT2D eigenvalue weighted by Crippen LogP contribution is -2.47. The van der Waals surface area contributed by atoms with Crippen LogP contribution in [-0.2, 0) is 0 Å². The van der Waals surface area contributed by atoms with Gasteiger partial charge in [-0.1, -0.05) is 0 Å². The van der Waals surface area contributed by atoms with Crippen molar-refractivity contribution in [2.75, 3.05) is 24.5 Å². The van der Waals surface area contributed by atoms with Gasteiger partial charge in [-0.3, -0.25) is 9.78 Å². The summed E-state index contributed by atoms with van der Waals surface area (Å²) in [4.78, 5) is 21.8. The second-order valence-electron chi connectivity index (χ2n) is 8.61. The minimum absolute atomic E-state index is 0.105. The molecule has 27 heavy (non-hydrogen) atoms. The van der Waals surface area contributed by atoms with E-state index in [2.05, 4.69) is 47.8 Å². The lowest BCUT2D eigenvalue weighted by atomic mass is 9.97. The Bertz CT molecular complexity index is 809. The molecule has 0 aliphatic carbocycles. The van der Waals surface area contributed by atoms with E-state index < -0.39 is 0 Å². The van der Waals surface area contributed by atoms with Crippen molar-refractivity contribution in [3.8, 4) is 0 Å². The predicted molar refractivity (Wildman–Crippen MR) is 107 cm³/mol. The first-order chi connectivity index (χ1) is 12.9. The van der Waals surface area contributed by atoms with Crippen LogP contribution in [-0.4, -0.2) is 53.6 Å². The van der Waals surface area contributed by atoms with Gasteiger partial charge >= 0.3 is 0 Å². The summed E-state index contributed by atoms with van der Waals surface area (Å²) in [5.74, 6) is 1.45. The summed E-state index contributed by atoms with van der Waals surface area (Å²) in [7, 11) is 0. The van der Waals surface area contributed by atoms with Crippen molar-refractivity contribution in [1.29, 1.82) is 0 Å². The molecule has 0 saturated carbocycles. The maximum absolute atomic E-state index is 12.7. The zero-order valence-corrected chi connectivity index (χ0v) is 16.7. The van der Waals surface area contributed by atoms with E-state index in [0.717, 1.165) is 30.2 Å². The van der Waals surface area contributed by atoms with Crippen LogP contribution in [0, 0.1) is 5.92 Å². The molecule has 1 N–H and O–H groups in total. The number of amides is 1. The maximum Gasteiger partial charge on any atom is 0.270 e. The Hall–Kier alpha value is -2.08. The highest BCUT2D eigenvalue weighted by molar-refractivity contribution is 5.95. The Balaban J connectivity index is 1.51. The Morgan fingerprint density at radius 1 is 1.26 bits per heavy atom. The third-order valence-corrected chi connectivity index (χ3v) is 5.79. The van der Waals surface area contributed by atoms with Crippen molar-refractivity contribution >= 4 is 22.8 Å². The minimum atomic E-state index is -0.105. The van der Waals surface area contributed by atoms with Crippen molar-refractivity contribution in [3.05, 3.63) is 24.0 Å². The largest absolute Gasteiger partial charge is 0.440 e. The van der Waals surface area contributed by atoms with Gasteiger partial charge in [0.15, 0.2) is 5.88 Å². The summed E-state index contributed by atoms with van der Waals surface area (Å²) >= 11 is 0. The van der Waals surface area contributed by atoms with E-state index in [9.17, 15) is 4.79 Å². The lowest BCUT2D eigenvalue weighted by Gasteiger charge is -2.30. The van der Waals surface area contributed by atoms with E-state index >= 15 is 0 Å². The fourth-order valence-electron chi connectivity index (χ4n) is 4.70. The molecule has 3 atom stereocenters. The molecular weight excluding hydrogens is 340 g/mol. The van der Waals surface area contributed by atoms with E-state index in [4.69, 9.17) is 4.42 Å². The van der Waals surface area contributed by atoms with Crippen molar-refractivity contribution in [3.63, 3.8) is 0 Å². The molecule has 2 saturated heterocycles. The molecule has 0 aromatic carbocycles. The molecule has 2 bridgehead atoms. The summed E-state index contributed by atoms with van der Waals surface area (Å²) < 4.78 is 6.08. The molecule has 2 aromatic heterocycles. The van der Waals surface area contributed by atoms with E-state index in [1.54, 1.807) is 12.3 Å². The van der Waals surface area contributed by atoms with E-state index in [-0.39, 0.29) is 11.9 Å². The number of furan rings is 1. The fraction of sp³-hybridized carbons (Fsp3) is 0.619. The van der Waals surface area contributed by atoms with Crippen molar-refractivity contribution < 1.29 is 9.21 Å². The lowest BCUT2D eigenvalue weighted by molar-refractivity contribution is 0.0904. The van der Waals surface area contributed by atoms with Crippen LogP contribution in [0.15, 0.2) is 22.7 Å². The number of aromatic nitrogens is 1. The molecular formula is C21H30N4O2. The topological polar surface area (TPSA) is 61.6 Å². The molecule has 3 unspecified atom stereocenters. The van der Waals surface area contributed by atoms with Crippen LogP contribution < -0.4 is 10.2 Å². The number of nitrogens with zero attached hydrogens (tertiary/aromatic N) is 3. The molecule has 1 amide bonds. The number of carbonyl (C=O) groups excluding carboxylic acids is 1. The fourth-order valence-corrected chi connectivity index (χ4v) is 4.70. The number of piperidine rings is 1. The summed E-state index contributed by atoms with van der Waals surface area (Å²) in [5, 5.41) is 4.10. The standard InChI is InChI=1S/C21H30N4O2/c1-13(2)25(14(3)4)20-8-16-10-22-18(9-19(16)27-20)21(26)23-17-7-15-5-6-24(11-15)12-17/h8-10,13-15,17H,5-7,11-12H2,1-4H3,(H,23,26). The van der Waals surface area contributed by atoms with Gasteiger partial charge in [0.05, 0.1) is 0 Å². The molecule has 0 radical (unpaired) electrons. The first-order valence-corrected chi connectivity index (χ1v) is 10.1. The molecule has 6 nitrogen and oxygen atoms in total. The average Bonchev–Trinajstić information content (AvgIpc) is 3.15. The minimum Gasteiger partial charge on any atom is -0.440 e. The number of rotatable bonds is 5. The van der Waals surface area contributed by atoms with Crippen molar-refractivity contribution in [2.24, 2.45) is 5.92 Å². The summed E-state index contributed by atoms with van der Waals surface area (Å²) in [5.41, 5.74) is 1.14. The number of hydrogen-bond acceptors (Lipinski definition) is 5. The molecule has 2 fully saturated rings. The first kappa shape index (κ1) is 18.3. The number of fused-ring (bicyclic) bond motifs is 3. The number of pyridine rings is 1. The van der Waals surface area contributed by atoms with E-state index in [1.807, 2.05) is 6.07 Å². The summed E-state index contributed by atoms with van der Waals surface area (Å²) in [6, 6.07) is 4.66. The third kappa shape index (κ3) is 3.68. The Morgan fingerprint density at radius 3 is 2.74 bits per heavy atom. The van der Waals surface area contributed by atoms with Gasteiger partial charge in [0.25, 0.3) is 5.91 Å². The highest BCUT2D eigenvalue weighted by atomic mass is 16.4. The first-order valence-electron chi connectivity index (χ1n) is 10.1. The number of hydrogen-bond donors (Lipinski definition) is 1. The normalized spacial score (nSPS) is 24.7. The second kappa shape index (κ2) is 7.15. The zero-order chi connectivity index (χ0) is 19.1. The number of anilines is 1. The monoisotopic (exact) mass is 370 g/mol. The molecule has 4 heterocycles. The Labute approximate surface area is 160 Å². The SMILES string of the molecule is CC(C)N(c1cc2cnc(C(=O)NC3CC4CCN(C4)C3)cc2o1)C(C)C. The van der Waals surface area contributed by atoms with Gasteiger partial charge in [-0.15, -0.1) is 0 Å². The molecule has 4 rings (SSSR count). The van der Waals surface area contributed by atoms with Gasteiger partial charge in [-0.2, -0.15) is 0 Å². The Kier molecular flexibility index (Phi) is 4.84. The zero-order valence-electron chi connectivity index (χ0n) is 16.7. The van der Waals surface area contributed by atoms with Gasteiger partial charge in [-0.25, -0.2) is 0 Å². The second-order valence-corrected chi connectivity index (χ2v) is 8.61. The number of nitrogens with one attached hydrogen (secondary N) is 1. The van der Waals surface area contributed by atoms with Crippen LogP contribution >= 0.6 is 0 Å². The smallest absolute Gasteiger partial charge is 0.270 e. The highest BCUT2D eigenvalue weighted by Crippen LogP contribution is 2.29. The molecule has 2 aliphatic heterocycles. The Morgan fingerprint density at radius 2 is 2.04 bits per heavy atom. The van der Waals surface area contributed by atoms with Gasteiger partial charge in [0.2, 0.25) is 0 Å². The van der Waals surface area contributed by atoms with Gasteiger partial charge in [0, 0.05) is 54.9 Å². The molecule has 146 valence electrons. The summed E-state index contributed by atoms with van der Waals surface area (Å²) in [6.45, 7) is 11.9. The van der Waals surface area contributed by atoms with Crippen LogP contribution in [0.3, 0.4) is 0 Å². The molecule has 2 aliphatic rings. The molecule has 0 spiro atoms. The predicted octanol–water partition coefficient (Wildman–Crippen LogP) is 3.28. The van der Waals surface area contributed by atoms with Crippen molar-refractivity contribution in [2.45, 2.75) is 58.7 Å². The molecule has 2 aromatic rings. The van der Waals surface area contributed by atoms with E-state index in [0.29, 0.717) is 23.4 Å². The summed E-state index contributed by atoms with van der Waals surface area (Å²) in [6.07, 6.45) is 4.07. The van der Waals surface area contributed by atoms with Crippen molar-refractivity contribution in [1.82, 2.24) is 15.2 Å².